The molecule has 0 heterocycles. The van der Waals surface area contributed by atoms with Crippen molar-refractivity contribution in [3.63, 3.8) is 0 Å². The normalized spacial score (nSPS) is 8.18. The van der Waals surface area contributed by atoms with Crippen LogP contribution < -0.4 is 0 Å². The molecule has 0 N–H and O–H groups in total. The van der Waals surface area contributed by atoms with E-state index in [1.165, 1.54) is 0 Å². The molecule has 0 bridgehead atoms. The zero-order valence-electron chi connectivity index (χ0n) is 5.86. The molecule has 0 unspecified atom stereocenters. The molecule has 0 spiro atoms. The van der Waals surface area contributed by atoms with E-state index < -0.39 is 0 Å². The summed E-state index contributed by atoms with van der Waals surface area (Å²) < 4.78 is 0. The predicted octanol–water partition coefficient (Wildman–Crippen LogP) is 2.59. The van der Waals surface area contributed by atoms with Crippen molar-refractivity contribution in [2.75, 3.05) is 0 Å². The van der Waals surface area contributed by atoms with Gasteiger partial charge in [0, 0.05) is 17.7 Å². The molecule has 0 aliphatic heterocycles. The van der Waals surface area contributed by atoms with Crippen molar-refractivity contribution in [1.82, 2.24) is 0 Å². The van der Waals surface area contributed by atoms with Gasteiger partial charge in [0.1, 0.15) is 0 Å². The van der Waals surface area contributed by atoms with Crippen molar-refractivity contribution < 1.29 is 0 Å². The first-order valence-corrected chi connectivity index (χ1v) is 3.14. The van der Waals surface area contributed by atoms with Gasteiger partial charge in [-0.1, -0.05) is 0 Å². The van der Waals surface area contributed by atoms with Crippen LogP contribution in [0.15, 0.2) is 24.3 Å². The van der Waals surface area contributed by atoms with Gasteiger partial charge < -0.3 is 4.85 Å². The van der Waals surface area contributed by atoms with Crippen LogP contribution in [-0.2, 0) is 6.54 Å². The summed E-state index contributed by atoms with van der Waals surface area (Å²) >= 11 is 0. The van der Waals surface area contributed by atoms with E-state index in [0.717, 1.165) is 5.56 Å². The maximum atomic E-state index is 8.32. The Kier molecular flexibility index (Phi) is 2.20. The Morgan fingerprint density at radius 2 is 1.91 bits per heavy atom. The number of rotatable bonds is 1. The Morgan fingerprint density at radius 3 is 2.36 bits per heavy atom. The van der Waals surface area contributed by atoms with E-state index in [1.54, 1.807) is 24.3 Å². The second-order valence-electron chi connectivity index (χ2n) is 2.08. The topological polar surface area (TPSA) is 32.5 Å². The number of diazo groups is 1. The third-order valence-corrected chi connectivity index (χ3v) is 1.31. The van der Waals surface area contributed by atoms with E-state index in [9.17, 15) is 0 Å². The van der Waals surface area contributed by atoms with Crippen LogP contribution in [0, 0.1) is 12.0 Å². The fraction of sp³-hybridized carbons (Fsp3) is 0.125. The second-order valence-corrected chi connectivity index (χ2v) is 2.08. The standard InChI is InChI=1S/C8H6N3/c1-10-6-7-2-4-8(11-9)5-3-7/h2-5H,6H2/q+1. The largest absolute Gasteiger partial charge is 0.385 e. The Morgan fingerprint density at radius 1 is 1.27 bits per heavy atom. The molecule has 3 heteroatoms. The first-order valence-electron chi connectivity index (χ1n) is 3.14. The molecule has 1 aromatic carbocycles. The van der Waals surface area contributed by atoms with Crippen LogP contribution in [0.1, 0.15) is 5.56 Å². The number of benzene rings is 1. The van der Waals surface area contributed by atoms with Gasteiger partial charge in [0.05, 0.1) is 0 Å². The molecule has 52 valence electrons. The Bertz CT molecular complexity index is 313. The molecule has 11 heavy (non-hydrogen) atoms. The third-order valence-electron chi connectivity index (χ3n) is 1.31. The summed E-state index contributed by atoms with van der Waals surface area (Å²) in [6.45, 7) is 6.97. The van der Waals surface area contributed by atoms with E-state index >= 15 is 0 Å². The molecule has 0 saturated carbocycles. The van der Waals surface area contributed by atoms with Gasteiger partial charge in [-0.15, -0.1) is 0 Å². The summed E-state index contributed by atoms with van der Waals surface area (Å²) in [5.74, 6) is 0. The highest BCUT2D eigenvalue weighted by molar-refractivity contribution is 5.44. The van der Waals surface area contributed by atoms with E-state index in [1.807, 2.05) is 0 Å². The molecule has 0 amide bonds. The molecule has 0 atom stereocenters. The summed E-state index contributed by atoms with van der Waals surface area (Å²) in [7, 11) is 0. The van der Waals surface area contributed by atoms with Gasteiger partial charge in [0.2, 0.25) is 11.9 Å². The van der Waals surface area contributed by atoms with Crippen LogP contribution in [0.5, 0.6) is 0 Å². The Labute approximate surface area is 64.7 Å². The summed E-state index contributed by atoms with van der Waals surface area (Å²) in [5, 5.41) is 8.32. The van der Waals surface area contributed by atoms with Crippen molar-refractivity contribution in [3.8, 4) is 0 Å². The monoisotopic (exact) mass is 144 g/mol. The lowest BCUT2D eigenvalue weighted by Crippen LogP contribution is -1.75. The zero-order valence-corrected chi connectivity index (χ0v) is 5.86. The maximum absolute atomic E-state index is 8.32. The minimum atomic E-state index is 0.381. The summed E-state index contributed by atoms with van der Waals surface area (Å²) in [6, 6.07) is 6.88. The van der Waals surface area contributed by atoms with Crippen molar-refractivity contribution >= 4 is 5.69 Å². The van der Waals surface area contributed by atoms with Gasteiger partial charge in [0.15, 0.2) is 4.98 Å². The van der Waals surface area contributed by atoms with Gasteiger partial charge in [-0.3, -0.25) is 0 Å². The van der Waals surface area contributed by atoms with E-state index in [0.29, 0.717) is 12.2 Å². The first-order chi connectivity index (χ1) is 5.36. The fourth-order valence-corrected chi connectivity index (χ4v) is 0.759. The SMILES string of the molecule is [C-]#[N+]Cc1ccc([N+]#N)cc1. The second kappa shape index (κ2) is 3.34. The highest BCUT2D eigenvalue weighted by atomic mass is 14.8. The van der Waals surface area contributed by atoms with Gasteiger partial charge in [-0.05, 0) is 12.1 Å². The van der Waals surface area contributed by atoms with Crippen LogP contribution in [0.4, 0.5) is 5.69 Å². The minimum Gasteiger partial charge on any atom is -0.312 e. The van der Waals surface area contributed by atoms with Crippen molar-refractivity contribution in [3.05, 3.63) is 46.2 Å². The molecule has 0 aromatic heterocycles. The van der Waals surface area contributed by atoms with Crippen LogP contribution in [-0.4, -0.2) is 0 Å². The van der Waals surface area contributed by atoms with Crippen molar-refractivity contribution in [2.24, 2.45) is 0 Å². The summed E-state index contributed by atoms with van der Waals surface area (Å²) in [5.41, 5.74) is 1.45. The van der Waals surface area contributed by atoms with Gasteiger partial charge >= 0.3 is 5.69 Å². The van der Waals surface area contributed by atoms with Crippen LogP contribution in [0.25, 0.3) is 9.82 Å². The highest BCUT2D eigenvalue weighted by Crippen LogP contribution is 2.12. The average Bonchev–Trinajstić information content (AvgIpc) is 2.07. The van der Waals surface area contributed by atoms with Crippen LogP contribution in [0.2, 0.25) is 0 Å². The molecular weight excluding hydrogens is 138 g/mol. The molecule has 3 nitrogen and oxygen atoms in total. The summed E-state index contributed by atoms with van der Waals surface area (Å²) in [6.07, 6.45) is 0. The van der Waals surface area contributed by atoms with Gasteiger partial charge in [-0.25, -0.2) is 6.57 Å². The van der Waals surface area contributed by atoms with E-state index in [-0.39, 0.29) is 0 Å². The number of hydrogen-bond acceptors (Lipinski definition) is 1. The zero-order chi connectivity index (χ0) is 8.10. The first kappa shape index (κ1) is 7.24. The van der Waals surface area contributed by atoms with Crippen molar-refractivity contribution in [2.45, 2.75) is 6.54 Å². The van der Waals surface area contributed by atoms with Gasteiger partial charge in [0.25, 0.3) is 0 Å². The summed E-state index contributed by atoms with van der Waals surface area (Å²) in [4.78, 5) is 6.21. The minimum absolute atomic E-state index is 0.381. The number of nitrogens with zero attached hydrogens (tertiary/aromatic N) is 3. The highest BCUT2D eigenvalue weighted by Gasteiger charge is 2.02. The molecular formula is C8H6N3+. The lowest BCUT2D eigenvalue weighted by Gasteiger charge is -1.84. The van der Waals surface area contributed by atoms with E-state index in [4.69, 9.17) is 12.0 Å². The quantitative estimate of drug-likeness (QED) is 0.440. The van der Waals surface area contributed by atoms with E-state index in [2.05, 4.69) is 9.82 Å². The Hall–Kier alpha value is -1.87. The molecule has 0 saturated heterocycles. The van der Waals surface area contributed by atoms with Crippen LogP contribution >= 0.6 is 0 Å². The smallest absolute Gasteiger partial charge is 0.312 e. The molecule has 0 aliphatic carbocycles. The van der Waals surface area contributed by atoms with Gasteiger partial charge in [-0.2, -0.15) is 0 Å². The van der Waals surface area contributed by atoms with Crippen molar-refractivity contribution in [1.29, 1.82) is 5.39 Å². The maximum Gasteiger partial charge on any atom is 0.385 e. The van der Waals surface area contributed by atoms with Crippen LogP contribution in [0.3, 0.4) is 0 Å². The molecule has 0 radical (unpaired) electrons. The predicted molar refractivity (Wildman–Crippen MR) is 41.5 cm³/mol. The molecule has 0 fully saturated rings. The molecule has 1 rings (SSSR count). The molecule has 1 aromatic rings. The average molecular weight is 144 g/mol. The fourth-order valence-electron chi connectivity index (χ4n) is 0.759. The Balaban J connectivity index is 2.87. The third kappa shape index (κ3) is 1.77. The lowest BCUT2D eigenvalue weighted by molar-refractivity contribution is 1.27. The molecule has 0 aliphatic rings. The lowest BCUT2D eigenvalue weighted by atomic mass is 10.2. The number of hydrogen-bond donors (Lipinski definition) is 0.